The molecule has 0 bridgehead atoms. The van der Waals surface area contributed by atoms with Gasteiger partial charge < -0.3 is 18.6 Å². The van der Waals surface area contributed by atoms with Crippen LogP contribution in [-0.2, 0) is 20.5 Å². The van der Waals surface area contributed by atoms with Crippen molar-refractivity contribution in [1.29, 1.82) is 0 Å². The summed E-state index contributed by atoms with van der Waals surface area (Å²) in [5, 5.41) is 8.57. The Hall–Kier alpha value is -2.60. The zero-order valence-corrected chi connectivity index (χ0v) is 19.3. The summed E-state index contributed by atoms with van der Waals surface area (Å²) in [6, 6.07) is 12.2. The van der Waals surface area contributed by atoms with E-state index in [0.717, 1.165) is 5.56 Å². The fourth-order valence-electron chi connectivity index (χ4n) is 3.23. The van der Waals surface area contributed by atoms with Crippen LogP contribution in [0.15, 0.2) is 57.0 Å². The first-order valence-corrected chi connectivity index (χ1v) is 12.3. The lowest BCUT2D eigenvalue weighted by Crippen LogP contribution is -2.40. The van der Waals surface area contributed by atoms with Crippen molar-refractivity contribution in [3.05, 3.63) is 48.0 Å². The summed E-state index contributed by atoms with van der Waals surface area (Å²) in [4.78, 5) is 0.270. The Kier molecular flexibility index (Phi) is 6.99. The molecule has 2 aromatic carbocycles. The van der Waals surface area contributed by atoms with Crippen LogP contribution in [0.4, 0.5) is 0 Å². The highest BCUT2D eigenvalue weighted by molar-refractivity contribution is 7.98. The molecule has 0 unspecified atom stereocenters. The average molecular weight is 478 g/mol. The number of hydrogen-bond donors (Lipinski definition) is 0. The molecule has 4 rings (SSSR count). The van der Waals surface area contributed by atoms with Crippen molar-refractivity contribution in [2.24, 2.45) is 0 Å². The highest BCUT2D eigenvalue weighted by Crippen LogP contribution is 2.34. The van der Waals surface area contributed by atoms with Crippen LogP contribution in [0.1, 0.15) is 5.56 Å². The molecule has 0 aliphatic carbocycles. The van der Waals surface area contributed by atoms with Gasteiger partial charge in [-0.15, -0.1) is 10.2 Å². The van der Waals surface area contributed by atoms with Gasteiger partial charge in [0, 0.05) is 24.9 Å². The van der Waals surface area contributed by atoms with Crippen LogP contribution in [-0.4, -0.2) is 63.4 Å². The van der Waals surface area contributed by atoms with E-state index >= 15 is 0 Å². The van der Waals surface area contributed by atoms with E-state index in [2.05, 4.69) is 10.2 Å². The number of morpholine rings is 1. The van der Waals surface area contributed by atoms with Gasteiger partial charge in [-0.3, -0.25) is 0 Å². The van der Waals surface area contributed by atoms with E-state index in [4.69, 9.17) is 18.6 Å². The van der Waals surface area contributed by atoms with Gasteiger partial charge in [0.05, 0.1) is 37.9 Å². The molecule has 1 aliphatic rings. The lowest BCUT2D eigenvalue weighted by atomic mass is 10.2. The van der Waals surface area contributed by atoms with E-state index in [1.54, 1.807) is 50.6 Å². The Morgan fingerprint density at radius 3 is 2.62 bits per heavy atom. The van der Waals surface area contributed by atoms with Crippen molar-refractivity contribution in [2.45, 2.75) is 15.9 Å². The second-order valence-corrected chi connectivity index (χ2v) is 9.76. The number of methoxy groups -OCH3 is 2. The van der Waals surface area contributed by atoms with Crippen LogP contribution in [0.3, 0.4) is 0 Å². The van der Waals surface area contributed by atoms with Crippen LogP contribution >= 0.6 is 11.8 Å². The molecule has 0 amide bonds. The third-order valence-corrected chi connectivity index (χ3v) is 7.70. The minimum Gasteiger partial charge on any atom is -0.497 e. The molecule has 0 saturated carbocycles. The van der Waals surface area contributed by atoms with Gasteiger partial charge in [0.1, 0.15) is 11.5 Å². The average Bonchev–Trinajstić information content (AvgIpc) is 3.32. The van der Waals surface area contributed by atoms with Gasteiger partial charge in [-0.2, -0.15) is 4.31 Å². The van der Waals surface area contributed by atoms with Gasteiger partial charge in [0.2, 0.25) is 10.0 Å². The van der Waals surface area contributed by atoms with Gasteiger partial charge >= 0.3 is 0 Å². The van der Waals surface area contributed by atoms with Crippen LogP contribution in [0, 0.1) is 0 Å². The normalized spacial score (nSPS) is 14.9. The van der Waals surface area contributed by atoms with Crippen molar-refractivity contribution in [3.8, 4) is 23.0 Å². The van der Waals surface area contributed by atoms with Crippen molar-refractivity contribution in [1.82, 2.24) is 14.5 Å². The third-order valence-electron chi connectivity index (χ3n) is 4.91. The molecule has 9 nitrogen and oxygen atoms in total. The Morgan fingerprint density at radius 1 is 1.06 bits per heavy atom. The summed E-state index contributed by atoms with van der Waals surface area (Å²) in [7, 11) is -0.406. The summed E-state index contributed by atoms with van der Waals surface area (Å²) < 4.78 is 48.9. The van der Waals surface area contributed by atoms with Crippen molar-refractivity contribution in [2.75, 3.05) is 40.5 Å². The molecule has 3 aromatic rings. The first-order valence-electron chi connectivity index (χ1n) is 9.87. The Labute approximate surface area is 190 Å². The quantitative estimate of drug-likeness (QED) is 0.453. The zero-order valence-electron chi connectivity index (χ0n) is 17.7. The summed E-state index contributed by atoms with van der Waals surface area (Å²) >= 11 is 1.33. The number of nitrogens with zero attached hydrogens (tertiary/aromatic N) is 3. The molecular formula is C21H23N3O6S2. The first-order chi connectivity index (χ1) is 15.5. The third kappa shape index (κ3) is 4.90. The van der Waals surface area contributed by atoms with E-state index < -0.39 is 10.0 Å². The summed E-state index contributed by atoms with van der Waals surface area (Å²) in [5.41, 5.74) is 1.50. The van der Waals surface area contributed by atoms with Gasteiger partial charge in [-0.05, 0) is 29.8 Å². The summed E-state index contributed by atoms with van der Waals surface area (Å²) in [6.45, 7) is 1.54. The zero-order chi connectivity index (χ0) is 22.6. The molecule has 170 valence electrons. The maximum atomic E-state index is 12.9. The topological polar surface area (TPSA) is 104 Å². The fourth-order valence-corrected chi connectivity index (χ4v) is 5.41. The highest BCUT2D eigenvalue weighted by Gasteiger charge is 2.26. The maximum Gasteiger partial charge on any atom is 0.277 e. The number of rotatable bonds is 8. The maximum absolute atomic E-state index is 12.9. The molecular weight excluding hydrogens is 454 g/mol. The monoisotopic (exact) mass is 477 g/mol. The molecule has 0 atom stereocenters. The number of aromatic nitrogens is 2. The standard InChI is InChI=1S/C21H23N3O6S2/c1-27-16-6-7-18(19(13-16)28-2)20-22-23-21(30-20)31-14-15-4-3-5-17(12-15)32(25,26)24-8-10-29-11-9-24/h3-7,12-13H,8-11,14H2,1-2H3. The largest absolute Gasteiger partial charge is 0.497 e. The number of ether oxygens (including phenoxy) is 3. The molecule has 2 heterocycles. The van der Waals surface area contributed by atoms with Gasteiger partial charge in [-0.25, -0.2) is 8.42 Å². The molecule has 0 N–H and O–H groups in total. The second-order valence-electron chi connectivity index (χ2n) is 6.89. The summed E-state index contributed by atoms with van der Waals surface area (Å²) in [5.74, 6) is 2.03. The van der Waals surface area contributed by atoms with Crippen LogP contribution in [0.2, 0.25) is 0 Å². The lowest BCUT2D eigenvalue weighted by molar-refractivity contribution is 0.0730. The minimum atomic E-state index is -3.54. The SMILES string of the molecule is COc1ccc(-c2nnc(SCc3cccc(S(=O)(=O)N4CCOCC4)c3)o2)c(OC)c1. The van der Waals surface area contributed by atoms with Crippen LogP contribution in [0.25, 0.3) is 11.5 Å². The van der Waals surface area contributed by atoms with Crippen molar-refractivity contribution >= 4 is 21.8 Å². The molecule has 0 radical (unpaired) electrons. The fraction of sp³-hybridized carbons (Fsp3) is 0.333. The molecule has 1 fully saturated rings. The smallest absolute Gasteiger partial charge is 0.277 e. The summed E-state index contributed by atoms with van der Waals surface area (Å²) in [6.07, 6.45) is 0. The lowest BCUT2D eigenvalue weighted by Gasteiger charge is -2.26. The number of thioether (sulfide) groups is 1. The number of sulfonamides is 1. The van der Waals surface area contributed by atoms with Gasteiger partial charge in [-0.1, -0.05) is 23.9 Å². The van der Waals surface area contributed by atoms with Crippen molar-refractivity contribution in [3.63, 3.8) is 0 Å². The van der Waals surface area contributed by atoms with E-state index in [-0.39, 0.29) is 4.90 Å². The molecule has 1 saturated heterocycles. The molecule has 0 spiro atoms. The Morgan fingerprint density at radius 2 is 1.88 bits per heavy atom. The van der Waals surface area contributed by atoms with Gasteiger partial charge in [0.15, 0.2) is 0 Å². The molecule has 1 aromatic heterocycles. The predicted octanol–water partition coefficient (Wildman–Crippen LogP) is 3.07. The van der Waals surface area contributed by atoms with E-state index in [1.807, 2.05) is 6.07 Å². The van der Waals surface area contributed by atoms with Gasteiger partial charge in [0.25, 0.3) is 11.1 Å². The first kappa shape index (κ1) is 22.6. The van der Waals surface area contributed by atoms with E-state index in [1.165, 1.54) is 16.1 Å². The van der Waals surface area contributed by atoms with E-state index in [0.29, 0.717) is 60.2 Å². The number of benzene rings is 2. The Balaban J connectivity index is 1.46. The Bertz CT molecular complexity index is 1180. The van der Waals surface area contributed by atoms with Crippen molar-refractivity contribution < 1.29 is 27.0 Å². The van der Waals surface area contributed by atoms with Crippen LogP contribution in [0.5, 0.6) is 11.5 Å². The predicted molar refractivity (Wildman–Crippen MR) is 118 cm³/mol. The highest BCUT2D eigenvalue weighted by atomic mass is 32.2. The number of hydrogen-bond acceptors (Lipinski definition) is 9. The minimum absolute atomic E-state index is 0.270. The second kappa shape index (κ2) is 9.90. The molecule has 1 aliphatic heterocycles. The molecule has 32 heavy (non-hydrogen) atoms. The molecule has 11 heteroatoms. The van der Waals surface area contributed by atoms with E-state index in [9.17, 15) is 8.42 Å². The van der Waals surface area contributed by atoms with Crippen LogP contribution < -0.4 is 9.47 Å².